The molecule has 1 aliphatic rings. The normalized spacial score (nSPS) is 16.4. The number of sulfonamides is 1. The Labute approximate surface area is 102 Å². The highest BCUT2D eigenvalue weighted by atomic mass is 127. The molecular formula is C9H11IN2O2S. The number of anilines is 1. The minimum atomic E-state index is -3.63. The lowest BCUT2D eigenvalue weighted by molar-refractivity contribution is 0.598. The quantitative estimate of drug-likeness (QED) is 0.821. The molecule has 1 fully saturated rings. The molecule has 0 aliphatic heterocycles. The van der Waals surface area contributed by atoms with Crippen LogP contribution in [-0.4, -0.2) is 14.5 Å². The van der Waals surface area contributed by atoms with Crippen LogP contribution in [0.5, 0.6) is 0 Å². The van der Waals surface area contributed by atoms with E-state index in [9.17, 15) is 8.42 Å². The van der Waals surface area contributed by atoms with Gasteiger partial charge in [-0.3, -0.25) is 0 Å². The summed E-state index contributed by atoms with van der Waals surface area (Å²) in [6.07, 6.45) is 2.19. The predicted molar refractivity (Wildman–Crippen MR) is 67.2 cm³/mol. The second-order valence-electron chi connectivity index (χ2n) is 3.60. The Morgan fingerprint density at radius 1 is 1.40 bits per heavy atom. The molecule has 2 rings (SSSR count). The van der Waals surface area contributed by atoms with Crippen LogP contribution in [0.4, 0.5) is 5.69 Å². The summed E-state index contributed by atoms with van der Waals surface area (Å²) >= 11 is 2.14. The SMILES string of the molecule is NS(=O)(=O)c1ccc(I)cc1NC1CC1. The average Bonchev–Trinajstić information content (AvgIpc) is 2.85. The first kappa shape index (κ1) is 11.2. The third kappa shape index (κ3) is 2.82. The van der Waals surface area contributed by atoms with E-state index in [4.69, 9.17) is 5.14 Å². The second-order valence-corrected chi connectivity index (χ2v) is 6.38. The Morgan fingerprint density at radius 3 is 2.60 bits per heavy atom. The van der Waals surface area contributed by atoms with Crippen LogP contribution in [0.1, 0.15) is 12.8 Å². The molecule has 0 heterocycles. The molecule has 6 heteroatoms. The smallest absolute Gasteiger partial charge is 0.240 e. The van der Waals surface area contributed by atoms with Crippen molar-refractivity contribution >= 4 is 38.3 Å². The molecule has 0 spiro atoms. The van der Waals surface area contributed by atoms with E-state index in [0.29, 0.717) is 11.7 Å². The fourth-order valence-electron chi connectivity index (χ4n) is 1.31. The van der Waals surface area contributed by atoms with E-state index < -0.39 is 10.0 Å². The maximum Gasteiger partial charge on any atom is 0.240 e. The Bertz CT molecular complexity index is 483. The molecule has 1 aliphatic carbocycles. The van der Waals surface area contributed by atoms with Crippen molar-refractivity contribution in [3.05, 3.63) is 21.8 Å². The number of nitrogens with one attached hydrogen (secondary N) is 1. The van der Waals surface area contributed by atoms with Gasteiger partial charge in [0.05, 0.1) is 5.69 Å². The molecule has 1 aromatic carbocycles. The first-order valence-electron chi connectivity index (χ1n) is 4.56. The summed E-state index contributed by atoms with van der Waals surface area (Å²) in [6, 6.07) is 5.49. The van der Waals surface area contributed by atoms with E-state index in [1.807, 2.05) is 0 Å². The van der Waals surface area contributed by atoms with Crippen molar-refractivity contribution in [2.75, 3.05) is 5.32 Å². The molecule has 82 valence electrons. The molecule has 1 aromatic rings. The lowest BCUT2D eigenvalue weighted by Gasteiger charge is -2.10. The minimum Gasteiger partial charge on any atom is -0.381 e. The zero-order valence-electron chi connectivity index (χ0n) is 7.90. The highest BCUT2D eigenvalue weighted by Crippen LogP contribution is 2.29. The Balaban J connectivity index is 2.43. The fourth-order valence-corrected chi connectivity index (χ4v) is 2.48. The highest BCUT2D eigenvalue weighted by Gasteiger charge is 2.24. The molecule has 0 atom stereocenters. The predicted octanol–water partition coefficient (Wildman–Crippen LogP) is 1.51. The molecule has 0 aromatic heterocycles. The molecule has 1 saturated carbocycles. The molecule has 0 bridgehead atoms. The van der Waals surface area contributed by atoms with Crippen LogP contribution in [0.25, 0.3) is 0 Å². The number of hydrogen-bond donors (Lipinski definition) is 2. The van der Waals surface area contributed by atoms with Gasteiger partial charge < -0.3 is 5.32 Å². The summed E-state index contributed by atoms with van der Waals surface area (Å²) in [5.41, 5.74) is 0.618. The van der Waals surface area contributed by atoms with Crippen molar-refractivity contribution in [2.24, 2.45) is 5.14 Å². The van der Waals surface area contributed by atoms with Crippen LogP contribution >= 0.6 is 22.6 Å². The Morgan fingerprint density at radius 2 is 2.07 bits per heavy atom. The zero-order valence-corrected chi connectivity index (χ0v) is 10.9. The number of hydrogen-bond acceptors (Lipinski definition) is 3. The van der Waals surface area contributed by atoms with E-state index in [2.05, 4.69) is 27.9 Å². The molecule has 0 unspecified atom stereocenters. The molecular weight excluding hydrogens is 327 g/mol. The molecule has 3 N–H and O–H groups in total. The van der Waals surface area contributed by atoms with Crippen molar-refractivity contribution in [3.63, 3.8) is 0 Å². The number of primary sulfonamides is 1. The van der Waals surface area contributed by atoms with Crippen LogP contribution in [-0.2, 0) is 10.0 Å². The lowest BCUT2D eigenvalue weighted by atomic mass is 10.3. The molecule has 4 nitrogen and oxygen atoms in total. The first-order chi connectivity index (χ1) is 6.97. The van der Waals surface area contributed by atoms with Crippen molar-refractivity contribution in [3.8, 4) is 0 Å². The monoisotopic (exact) mass is 338 g/mol. The maximum atomic E-state index is 11.3. The van der Waals surface area contributed by atoms with Crippen molar-refractivity contribution < 1.29 is 8.42 Å². The summed E-state index contributed by atoms with van der Waals surface area (Å²) in [5, 5.41) is 8.30. The summed E-state index contributed by atoms with van der Waals surface area (Å²) < 4.78 is 23.6. The number of benzene rings is 1. The number of rotatable bonds is 3. The van der Waals surface area contributed by atoms with Gasteiger partial charge in [0.15, 0.2) is 0 Å². The maximum absolute atomic E-state index is 11.3. The zero-order chi connectivity index (χ0) is 11.1. The summed E-state index contributed by atoms with van der Waals surface area (Å²) in [6.45, 7) is 0. The third-order valence-corrected chi connectivity index (χ3v) is 3.83. The van der Waals surface area contributed by atoms with Gasteiger partial charge in [-0.05, 0) is 53.6 Å². The van der Waals surface area contributed by atoms with E-state index in [-0.39, 0.29) is 4.90 Å². The van der Waals surface area contributed by atoms with Gasteiger partial charge in [-0.1, -0.05) is 0 Å². The van der Waals surface area contributed by atoms with Crippen LogP contribution in [0.2, 0.25) is 0 Å². The standard InChI is InChI=1S/C9H11IN2O2S/c10-6-1-4-9(15(11,13)14)8(5-6)12-7-2-3-7/h1,4-5,7,12H,2-3H2,(H2,11,13,14). The third-order valence-electron chi connectivity index (χ3n) is 2.19. The van der Waals surface area contributed by atoms with Gasteiger partial charge in [-0.2, -0.15) is 0 Å². The number of halogens is 1. The van der Waals surface area contributed by atoms with Crippen LogP contribution in [0, 0.1) is 3.57 Å². The van der Waals surface area contributed by atoms with Crippen molar-refractivity contribution in [2.45, 2.75) is 23.8 Å². The first-order valence-corrected chi connectivity index (χ1v) is 7.18. The number of nitrogens with two attached hydrogens (primary N) is 1. The van der Waals surface area contributed by atoms with Gasteiger partial charge in [-0.15, -0.1) is 0 Å². The summed E-state index contributed by atoms with van der Waals surface area (Å²) in [4.78, 5) is 0.176. The highest BCUT2D eigenvalue weighted by molar-refractivity contribution is 14.1. The van der Waals surface area contributed by atoms with Gasteiger partial charge >= 0.3 is 0 Å². The van der Waals surface area contributed by atoms with E-state index in [1.165, 1.54) is 0 Å². The van der Waals surface area contributed by atoms with Crippen LogP contribution in [0.3, 0.4) is 0 Å². The average molecular weight is 338 g/mol. The molecule has 0 saturated heterocycles. The molecule has 0 amide bonds. The van der Waals surface area contributed by atoms with Gasteiger partial charge in [0.25, 0.3) is 0 Å². The summed E-state index contributed by atoms with van der Waals surface area (Å²) in [7, 11) is -3.63. The molecule has 15 heavy (non-hydrogen) atoms. The minimum absolute atomic E-state index is 0.176. The summed E-state index contributed by atoms with van der Waals surface area (Å²) in [5.74, 6) is 0. The largest absolute Gasteiger partial charge is 0.381 e. The van der Waals surface area contributed by atoms with Crippen molar-refractivity contribution in [1.82, 2.24) is 0 Å². The van der Waals surface area contributed by atoms with Crippen LogP contribution in [0.15, 0.2) is 23.1 Å². The fraction of sp³-hybridized carbons (Fsp3) is 0.333. The van der Waals surface area contributed by atoms with E-state index >= 15 is 0 Å². The second kappa shape index (κ2) is 3.91. The van der Waals surface area contributed by atoms with Gasteiger partial charge in [0.2, 0.25) is 10.0 Å². The lowest BCUT2D eigenvalue weighted by Crippen LogP contribution is -2.15. The Kier molecular flexibility index (Phi) is 2.91. The van der Waals surface area contributed by atoms with Gasteiger partial charge in [-0.25, -0.2) is 13.6 Å². The van der Waals surface area contributed by atoms with Crippen LogP contribution < -0.4 is 10.5 Å². The van der Waals surface area contributed by atoms with Crippen molar-refractivity contribution in [1.29, 1.82) is 0 Å². The van der Waals surface area contributed by atoms with E-state index in [1.54, 1.807) is 18.2 Å². The van der Waals surface area contributed by atoms with E-state index in [0.717, 1.165) is 16.4 Å². The molecule has 0 radical (unpaired) electrons. The topological polar surface area (TPSA) is 72.2 Å². The Hall–Kier alpha value is -0.340. The van der Waals surface area contributed by atoms with Gasteiger partial charge in [0.1, 0.15) is 4.90 Å². The van der Waals surface area contributed by atoms with Gasteiger partial charge in [0, 0.05) is 9.61 Å².